The standard InChI is InChI=1S/C12H17ClO2/c1-9(2)10-4-5-11(13)12(8-10)15-7-6-14-3/h4-5,8-9H,6-7H2,1-3H3. The molecule has 0 N–H and O–H groups in total. The summed E-state index contributed by atoms with van der Waals surface area (Å²) in [4.78, 5) is 0. The molecule has 0 aliphatic rings. The lowest BCUT2D eigenvalue weighted by atomic mass is 10.0. The zero-order chi connectivity index (χ0) is 11.3. The van der Waals surface area contributed by atoms with Crippen molar-refractivity contribution < 1.29 is 9.47 Å². The Kier molecular flexibility index (Phi) is 4.92. The van der Waals surface area contributed by atoms with Crippen molar-refractivity contribution in [3.8, 4) is 5.75 Å². The fourth-order valence-corrected chi connectivity index (χ4v) is 1.40. The van der Waals surface area contributed by atoms with Crippen molar-refractivity contribution in [3.63, 3.8) is 0 Å². The van der Waals surface area contributed by atoms with Gasteiger partial charge in [0, 0.05) is 7.11 Å². The summed E-state index contributed by atoms with van der Waals surface area (Å²) in [5.74, 6) is 1.21. The first-order valence-corrected chi connectivity index (χ1v) is 5.44. The van der Waals surface area contributed by atoms with Gasteiger partial charge in [-0.05, 0) is 23.6 Å². The van der Waals surface area contributed by atoms with E-state index in [0.29, 0.717) is 24.2 Å². The van der Waals surface area contributed by atoms with Crippen LogP contribution in [-0.2, 0) is 4.74 Å². The van der Waals surface area contributed by atoms with Crippen molar-refractivity contribution in [2.45, 2.75) is 19.8 Å². The highest BCUT2D eigenvalue weighted by atomic mass is 35.5. The number of benzene rings is 1. The summed E-state index contributed by atoms with van der Waals surface area (Å²) >= 11 is 6.01. The molecule has 0 aliphatic carbocycles. The van der Waals surface area contributed by atoms with Gasteiger partial charge < -0.3 is 9.47 Å². The molecule has 0 aromatic heterocycles. The van der Waals surface area contributed by atoms with E-state index in [1.54, 1.807) is 7.11 Å². The average Bonchev–Trinajstić information content (AvgIpc) is 2.20. The first-order chi connectivity index (χ1) is 7.15. The lowest BCUT2D eigenvalue weighted by Gasteiger charge is -2.11. The largest absolute Gasteiger partial charge is 0.490 e. The van der Waals surface area contributed by atoms with Gasteiger partial charge >= 0.3 is 0 Å². The number of hydrogen-bond donors (Lipinski definition) is 0. The molecule has 3 heteroatoms. The second-order valence-electron chi connectivity index (χ2n) is 3.69. The molecule has 84 valence electrons. The minimum Gasteiger partial charge on any atom is -0.490 e. The third-order valence-electron chi connectivity index (χ3n) is 2.17. The molecule has 0 aliphatic heterocycles. The SMILES string of the molecule is COCCOc1cc(C(C)C)ccc1Cl. The number of hydrogen-bond acceptors (Lipinski definition) is 2. The maximum Gasteiger partial charge on any atom is 0.138 e. The zero-order valence-corrected chi connectivity index (χ0v) is 10.2. The molecule has 0 saturated carbocycles. The molecule has 0 bridgehead atoms. The fourth-order valence-electron chi connectivity index (χ4n) is 1.22. The van der Waals surface area contributed by atoms with Crippen molar-refractivity contribution in [2.24, 2.45) is 0 Å². The van der Waals surface area contributed by atoms with Gasteiger partial charge in [0.25, 0.3) is 0 Å². The molecule has 0 fully saturated rings. The molecule has 0 spiro atoms. The maximum absolute atomic E-state index is 6.01. The van der Waals surface area contributed by atoms with Crippen LogP contribution in [0.15, 0.2) is 18.2 Å². The van der Waals surface area contributed by atoms with Crippen LogP contribution in [0.5, 0.6) is 5.75 Å². The molecule has 0 saturated heterocycles. The average molecular weight is 229 g/mol. The smallest absolute Gasteiger partial charge is 0.138 e. The zero-order valence-electron chi connectivity index (χ0n) is 9.42. The maximum atomic E-state index is 6.01. The molecule has 0 unspecified atom stereocenters. The fraction of sp³-hybridized carbons (Fsp3) is 0.500. The Morgan fingerprint density at radius 1 is 1.27 bits per heavy atom. The van der Waals surface area contributed by atoms with Crippen LogP contribution >= 0.6 is 11.6 Å². The van der Waals surface area contributed by atoms with Crippen molar-refractivity contribution in [2.75, 3.05) is 20.3 Å². The third kappa shape index (κ3) is 3.73. The Morgan fingerprint density at radius 2 is 2.00 bits per heavy atom. The van der Waals surface area contributed by atoms with Crippen LogP contribution in [0, 0.1) is 0 Å². The molecule has 0 radical (unpaired) electrons. The topological polar surface area (TPSA) is 18.5 Å². The summed E-state index contributed by atoms with van der Waals surface area (Å²) < 4.78 is 10.4. The third-order valence-corrected chi connectivity index (χ3v) is 2.48. The van der Waals surface area contributed by atoms with E-state index in [1.807, 2.05) is 18.2 Å². The summed E-state index contributed by atoms with van der Waals surface area (Å²) in [6.45, 7) is 5.38. The second kappa shape index (κ2) is 5.99. The van der Waals surface area contributed by atoms with Gasteiger partial charge in [0.15, 0.2) is 0 Å². The van der Waals surface area contributed by atoms with Gasteiger partial charge in [-0.15, -0.1) is 0 Å². The highest BCUT2D eigenvalue weighted by Gasteiger charge is 2.05. The van der Waals surface area contributed by atoms with E-state index >= 15 is 0 Å². The summed E-state index contributed by atoms with van der Waals surface area (Å²) in [7, 11) is 1.65. The Morgan fingerprint density at radius 3 is 2.60 bits per heavy atom. The van der Waals surface area contributed by atoms with Crippen LogP contribution in [-0.4, -0.2) is 20.3 Å². The summed E-state index contributed by atoms with van der Waals surface area (Å²) in [5.41, 5.74) is 1.23. The van der Waals surface area contributed by atoms with Gasteiger partial charge in [-0.3, -0.25) is 0 Å². The van der Waals surface area contributed by atoms with Crippen LogP contribution in [0.2, 0.25) is 5.02 Å². The quantitative estimate of drug-likeness (QED) is 0.719. The summed E-state index contributed by atoms with van der Waals surface area (Å²) in [6, 6.07) is 5.89. The van der Waals surface area contributed by atoms with Gasteiger partial charge in [0.05, 0.1) is 11.6 Å². The van der Waals surface area contributed by atoms with Crippen LogP contribution < -0.4 is 4.74 Å². The number of ether oxygens (including phenoxy) is 2. The number of rotatable bonds is 5. The van der Waals surface area contributed by atoms with Crippen LogP contribution in [0.25, 0.3) is 0 Å². The first-order valence-electron chi connectivity index (χ1n) is 5.06. The van der Waals surface area contributed by atoms with Gasteiger partial charge in [0.2, 0.25) is 0 Å². The molecule has 0 amide bonds. The minimum absolute atomic E-state index is 0.479. The van der Waals surface area contributed by atoms with Gasteiger partial charge in [-0.25, -0.2) is 0 Å². The van der Waals surface area contributed by atoms with Crippen LogP contribution in [0.3, 0.4) is 0 Å². The predicted molar refractivity (Wildman–Crippen MR) is 62.9 cm³/mol. The highest BCUT2D eigenvalue weighted by Crippen LogP contribution is 2.28. The van der Waals surface area contributed by atoms with Gasteiger partial charge in [0.1, 0.15) is 12.4 Å². The van der Waals surface area contributed by atoms with Crippen LogP contribution in [0.1, 0.15) is 25.3 Å². The Labute approximate surface area is 96.2 Å². The summed E-state index contributed by atoms with van der Waals surface area (Å²) in [6.07, 6.45) is 0. The van der Waals surface area contributed by atoms with Gasteiger partial charge in [-0.1, -0.05) is 31.5 Å². The normalized spacial score (nSPS) is 10.7. The van der Waals surface area contributed by atoms with E-state index in [9.17, 15) is 0 Å². The molecule has 2 nitrogen and oxygen atoms in total. The van der Waals surface area contributed by atoms with Crippen molar-refractivity contribution >= 4 is 11.6 Å². The minimum atomic E-state index is 0.479. The predicted octanol–water partition coefficient (Wildman–Crippen LogP) is 3.49. The van der Waals surface area contributed by atoms with Crippen molar-refractivity contribution in [1.82, 2.24) is 0 Å². The second-order valence-corrected chi connectivity index (χ2v) is 4.09. The Bertz CT molecular complexity index is 310. The summed E-state index contributed by atoms with van der Waals surface area (Å²) in [5, 5.41) is 0.649. The van der Waals surface area contributed by atoms with Crippen LogP contribution in [0.4, 0.5) is 0 Å². The molecular weight excluding hydrogens is 212 g/mol. The number of methoxy groups -OCH3 is 1. The van der Waals surface area contributed by atoms with E-state index in [0.717, 1.165) is 5.75 Å². The number of halogens is 1. The lowest BCUT2D eigenvalue weighted by Crippen LogP contribution is -2.05. The van der Waals surface area contributed by atoms with Crippen molar-refractivity contribution in [3.05, 3.63) is 28.8 Å². The Hall–Kier alpha value is -0.730. The Balaban J connectivity index is 2.72. The van der Waals surface area contributed by atoms with E-state index < -0.39 is 0 Å². The molecule has 1 aromatic rings. The molecule has 0 heterocycles. The highest BCUT2D eigenvalue weighted by molar-refractivity contribution is 6.32. The van der Waals surface area contributed by atoms with E-state index in [4.69, 9.17) is 21.1 Å². The molecule has 1 aromatic carbocycles. The van der Waals surface area contributed by atoms with E-state index in [2.05, 4.69) is 13.8 Å². The van der Waals surface area contributed by atoms with Crippen molar-refractivity contribution in [1.29, 1.82) is 0 Å². The molecular formula is C12H17ClO2. The molecule has 0 atom stereocenters. The van der Waals surface area contributed by atoms with E-state index in [1.165, 1.54) is 5.56 Å². The molecule has 1 rings (SSSR count). The van der Waals surface area contributed by atoms with Gasteiger partial charge in [-0.2, -0.15) is 0 Å². The first kappa shape index (κ1) is 12.3. The monoisotopic (exact) mass is 228 g/mol. The van der Waals surface area contributed by atoms with E-state index in [-0.39, 0.29) is 0 Å². The lowest BCUT2D eigenvalue weighted by molar-refractivity contribution is 0.146. The molecule has 15 heavy (non-hydrogen) atoms.